The smallest absolute Gasteiger partial charge is 0.255 e. The number of carbonyl (C=O) groups is 1. The molecule has 0 unspecified atom stereocenters. The number of carbonyl (C=O) groups excluding carboxylic acids is 1. The van der Waals surface area contributed by atoms with E-state index in [1.54, 1.807) is 4.68 Å². The molecular formula is C15H23N3O3. The molecule has 3 rings (SSSR count). The van der Waals surface area contributed by atoms with Crippen molar-refractivity contribution in [2.45, 2.75) is 51.4 Å². The van der Waals surface area contributed by atoms with Crippen LogP contribution in [0, 0.1) is 13.8 Å². The van der Waals surface area contributed by atoms with E-state index in [1.807, 2.05) is 20.9 Å². The second-order valence-electron chi connectivity index (χ2n) is 6.02. The van der Waals surface area contributed by atoms with E-state index in [4.69, 9.17) is 9.47 Å². The van der Waals surface area contributed by atoms with Gasteiger partial charge in [-0.15, -0.1) is 0 Å². The second kappa shape index (κ2) is 5.42. The van der Waals surface area contributed by atoms with Gasteiger partial charge in [0.1, 0.15) is 0 Å². The maximum atomic E-state index is 12.5. The minimum absolute atomic E-state index is 0.0210. The summed E-state index contributed by atoms with van der Waals surface area (Å²) in [6.45, 7) is 5.17. The lowest BCUT2D eigenvalue weighted by molar-refractivity contribution is -0.179. The lowest BCUT2D eigenvalue weighted by Crippen LogP contribution is -2.44. The van der Waals surface area contributed by atoms with Crippen LogP contribution >= 0.6 is 0 Å². The molecule has 6 nitrogen and oxygen atoms in total. The molecule has 0 aromatic carbocycles. The van der Waals surface area contributed by atoms with Gasteiger partial charge in [-0.1, -0.05) is 0 Å². The van der Waals surface area contributed by atoms with Crippen LogP contribution in [0.3, 0.4) is 0 Å². The molecule has 2 fully saturated rings. The minimum Gasteiger partial charge on any atom is -0.349 e. The standard InChI is InChI=1S/C15H23N3O3/c1-10-13(11(2)18(3)17-10)14(19)16-12-4-6-15(7-5-12)20-8-9-21-15/h12H,4-9H2,1-3H3,(H,16,19). The third-order valence-electron chi connectivity index (χ3n) is 4.63. The number of aryl methyl sites for hydroxylation is 2. The van der Waals surface area contributed by atoms with Gasteiger partial charge in [-0.2, -0.15) is 5.10 Å². The first-order chi connectivity index (χ1) is 10.0. The maximum Gasteiger partial charge on any atom is 0.255 e. The van der Waals surface area contributed by atoms with Gasteiger partial charge in [0, 0.05) is 31.6 Å². The van der Waals surface area contributed by atoms with E-state index in [-0.39, 0.29) is 17.7 Å². The quantitative estimate of drug-likeness (QED) is 0.896. The number of amides is 1. The molecule has 2 aliphatic rings. The number of hydrogen-bond donors (Lipinski definition) is 1. The number of ether oxygens (including phenoxy) is 2. The van der Waals surface area contributed by atoms with Crippen molar-refractivity contribution in [3.63, 3.8) is 0 Å². The predicted molar refractivity (Wildman–Crippen MR) is 77.0 cm³/mol. The number of nitrogens with one attached hydrogen (secondary N) is 1. The van der Waals surface area contributed by atoms with Crippen LogP contribution in [0.4, 0.5) is 0 Å². The normalized spacial score (nSPS) is 21.9. The summed E-state index contributed by atoms with van der Waals surface area (Å²) in [5.74, 6) is -0.395. The summed E-state index contributed by atoms with van der Waals surface area (Å²) in [5.41, 5.74) is 2.38. The first-order valence-electron chi connectivity index (χ1n) is 7.60. The average Bonchev–Trinajstić information content (AvgIpc) is 2.99. The van der Waals surface area contributed by atoms with Crippen molar-refractivity contribution >= 4 is 5.91 Å². The van der Waals surface area contributed by atoms with Crippen LogP contribution < -0.4 is 5.32 Å². The van der Waals surface area contributed by atoms with E-state index >= 15 is 0 Å². The summed E-state index contributed by atoms with van der Waals surface area (Å²) >= 11 is 0. The van der Waals surface area contributed by atoms with Crippen LogP contribution in [0.2, 0.25) is 0 Å². The molecule has 2 heterocycles. The molecule has 1 aromatic rings. The molecule has 116 valence electrons. The highest BCUT2D eigenvalue weighted by Gasteiger charge is 2.40. The summed E-state index contributed by atoms with van der Waals surface area (Å²) in [4.78, 5) is 12.5. The first kappa shape index (κ1) is 14.5. The van der Waals surface area contributed by atoms with Gasteiger partial charge in [0.15, 0.2) is 5.79 Å². The molecule has 1 saturated heterocycles. The Balaban J connectivity index is 1.61. The van der Waals surface area contributed by atoms with Gasteiger partial charge in [0.25, 0.3) is 5.91 Å². The minimum atomic E-state index is -0.374. The molecule has 1 aromatic heterocycles. The SMILES string of the molecule is Cc1nn(C)c(C)c1C(=O)NC1CCC2(CC1)OCCO2. The molecule has 1 amide bonds. The zero-order valence-corrected chi connectivity index (χ0v) is 12.9. The Kier molecular flexibility index (Phi) is 3.75. The van der Waals surface area contributed by atoms with E-state index in [1.165, 1.54) is 0 Å². The molecule has 0 radical (unpaired) electrons. The number of hydrogen-bond acceptors (Lipinski definition) is 4. The highest BCUT2D eigenvalue weighted by molar-refractivity contribution is 5.96. The van der Waals surface area contributed by atoms with Gasteiger partial charge in [-0.3, -0.25) is 9.48 Å². The first-order valence-corrected chi connectivity index (χ1v) is 7.60. The summed E-state index contributed by atoms with van der Waals surface area (Å²) in [6, 6.07) is 0.190. The Morgan fingerprint density at radius 3 is 2.43 bits per heavy atom. The maximum absolute atomic E-state index is 12.5. The van der Waals surface area contributed by atoms with Gasteiger partial charge < -0.3 is 14.8 Å². The van der Waals surface area contributed by atoms with Crippen molar-refractivity contribution < 1.29 is 14.3 Å². The van der Waals surface area contributed by atoms with E-state index in [2.05, 4.69) is 10.4 Å². The number of rotatable bonds is 2. The average molecular weight is 293 g/mol. The van der Waals surface area contributed by atoms with Crippen molar-refractivity contribution in [2.24, 2.45) is 7.05 Å². The predicted octanol–water partition coefficient (Wildman–Crippen LogP) is 1.45. The summed E-state index contributed by atoms with van der Waals surface area (Å²) in [7, 11) is 1.86. The fourth-order valence-corrected chi connectivity index (χ4v) is 3.35. The zero-order chi connectivity index (χ0) is 15.0. The Labute approximate surface area is 124 Å². The van der Waals surface area contributed by atoms with Crippen LogP contribution in [-0.4, -0.2) is 40.7 Å². The molecule has 1 N–H and O–H groups in total. The number of nitrogens with zero attached hydrogens (tertiary/aromatic N) is 2. The third kappa shape index (κ3) is 2.70. The number of aromatic nitrogens is 2. The fraction of sp³-hybridized carbons (Fsp3) is 0.733. The highest BCUT2D eigenvalue weighted by atomic mass is 16.7. The van der Waals surface area contributed by atoms with Crippen molar-refractivity contribution in [2.75, 3.05) is 13.2 Å². The van der Waals surface area contributed by atoms with Gasteiger partial charge in [0.2, 0.25) is 0 Å². The molecule has 0 atom stereocenters. The topological polar surface area (TPSA) is 65.4 Å². The molecule has 21 heavy (non-hydrogen) atoms. The molecule has 1 aliphatic carbocycles. The Bertz CT molecular complexity index is 537. The van der Waals surface area contributed by atoms with Crippen molar-refractivity contribution in [3.05, 3.63) is 17.0 Å². The van der Waals surface area contributed by atoms with Gasteiger partial charge in [-0.25, -0.2) is 0 Å². The summed E-state index contributed by atoms with van der Waals surface area (Å²) in [5, 5.41) is 7.43. The molecule has 1 spiro atoms. The van der Waals surface area contributed by atoms with Crippen LogP contribution in [0.5, 0.6) is 0 Å². The van der Waals surface area contributed by atoms with Crippen LogP contribution in [0.25, 0.3) is 0 Å². The Morgan fingerprint density at radius 1 is 1.29 bits per heavy atom. The summed E-state index contributed by atoms with van der Waals surface area (Å²) < 4.78 is 13.2. The summed E-state index contributed by atoms with van der Waals surface area (Å²) in [6.07, 6.45) is 3.49. The molecule has 1 saturated carbocycles. The Hall–Kier alpha value is -1.40. The van der Waals surface area contributed by atoms with Gasteiger partial charge >= 0.3 is 0 Å². The van der Waals surface area contributed by atoms with Crippen molar-refractivity contribution in [1.29, 1.82) is 0 Å². The van der Waals surface area contributed by atoms with Crippen molar-refractivity contribution in [1.82, 2.24) is 15.1 Å². The lowest BCUT2D eigenvalue weighted by Gasteiger charge is -2.35. The van der Waals surface area contributed by atoms with Gasteiger partial charge in [-0.05, 0) is 26.7 Å². The monoisotopic (exact) mass is 293 g/mol. The van der Waals surface area contributed by atoms with Crippen molar-refractivity contribution in [3.8, 4) is 0 Å². The third-order valence-corrected chi connectivity index (χ3v) is 4.63. The van der Waals surface area contributed by atoms with Gasteiger partial charge in [0.05, 0.1) is 24.5 Å². The lowest BCUT2D eigenvalue weighted by atomic mass is 9.90. The molecular weight excluding hydrogens is 270 g/mol. The largest absolute Gasteiger partial charge is 0.349 e. The van der Waals surface area contributed by atoms with Crippen LogP contribution in [-0.2, 0) is 16.5 Å². The molecule has 0 bridgehead atoms. The second-order valence-corrected chi connectivity index (χ2v) is 6.02. The van der Waals surface area contributed by atoms with E-state index in [0.29, 0.717) is 18.8 Å². The highest BCUT2D eigenvalue weighted by Crippen LogP contribution is 2.35. The zero-order valence-electron chi connectivity index (χ0n) is 12.9. The van der Waals surface area contributed by atoms with E-state index in [0.717, 1.165) is 37.1 Å². The van der Waals surface area contributed by atoms with Crippen LogP contribution in [0.1, 0.15) is 47.4 Å². The molecule has 1 aliphatic heterocycles. The molecule has 6 heteroatoms. The Morgan fingerprint density at radius 2 is 1.90 bits per heavy atom. The van der Waals surface area contributed by atoms with E-state index < -0.39 is 0 Å². The van der Waals surface area contributed by atoms with E-state index in [9.17, 15) is 4.79 Å². The van der Waals surface area contributed by atoms with Crippen LogP contribution in [0.15, 0.2) is 0 Å². The fourth-order valence-electron chi connectivity index (χ4n) is 3.35.